The Kier molecular flexibility index (Phi) is 3.85. The molecule has 1 amide bonds. The van der Waals surface area contributed by atoms with E-state index in [9.17, 15) is 4.79 Å². The highest BCUT2D eigenvalue weighted by molar-refractivity contribution is 5.97. The molecule has 0 saturated carbocycles. The third-order valence-electron chi connectivity index (χ3n) is 1.96. The van der Waals surface area contributed by atoms with E-state index in [4.69, 9.17) is 11.1 Å². The fourth-order valence-electron chi connectivity index (χ4n) is 1.14. The van der Waals surface area contributed by atoms with Gasteiger partial charge in [-0.15, -0.1) is 0 Å². The van der Waals surface area contributed by atoms with Crippen LogP contribution >= 0.6 is 0 Å². The highest BCUT2D eigenvalue weighted by atomic mass is 16.1. The van der Waals surface area contributed by atoms with Crippen LogP contribution in [0.4, 0.5) is 0 Å². The molecule has 4 nitrogen and oxygen atoms in total. The van der Waals surface area contributed by atoms with Crippen LogP contribution in [0.3, 0.4) is 0 Å². The van der Waals surface area contributed by atoms with Gasteiger partial charge in [-0.25, -0.2) is 0 Å². The Labute approximate surface area is 89.0 Å². The molecule has 15 heavy (non-hydrogen) atoms. The van der Waals surface area contributed by atoms with Crippen molar-refractivity contribution < 1.29 is 4.79 Å². The van der Waals surface area contributed by atoms with Gasteiger partial charge in [0.2, 0.25) is 5.91 Å². The minimum atomic E-state index is -0.219. The number of hydrogen-bond donors (Lipinski definition) is 3. The van der Waals surface area contributed by atoms with Crippen molar-refractivity contribution in [3.8, 4) is 0 Å². The molecule has 4 heteroatoms. The van der Waals surface area contributed by atoms with Crippen LogP contribution in [0.2, 0.25) is 0 Å². The Morgan fingerprint density at radius 3 is 2.53 bits per heavy atom. The quantitative estimate of drug-likeness (QED) is 0.505. The van der Waals surface area contributed by atoms with E-state index in [1.165, 1.54) is 5.56 Å². The number of benzene rings is 1. The van der Waals surface area contributed by atoms with Gasteiger partial charge in [0, 0.05) is 6.54 Å². The molecule has 1 aromatic carbocycles. The first kappa shape index (κ1) is 11.2. The maximum atomic E-state index is 11.2. The van der Waals surface area contributed by atoms with Gasteiger partial charge in [-0.2, -0.15) is 0 Å². The standard InChI is InChI=1S/C11H15N3O/c1-8-2-4-9(5-3-8)7-14-11(15)6-10(12)13/h2-5H,6-7H2,1H3,(H3,12,13)(H,14,15). The Balaban J connectivity index is 2.40. The number of carbonyl (C=O) groups is 1. The normalized spacial score (nSPS) is 9.67. The van der Waals surface area contributed by atoms with Gasteiger partial charge < -0.3 is 11.1 Å². The van der Waals surface area contributed by atoms with E-state index in [0.717, 1.165) is 5.56 Å². The van der Waals surface area contributed by atoms with Crippen molar-refractivity contribution in [3.05, 3.63) is 35.4 Å². The molecule has 0 spiro atoms. The summed E-state index contributed by atoms with van der Waals surface area (Å²) in [5.41, 5.74) is 7.33. The lowest BCUT2D eigenvalue weighted by atomic mass is 10.1. The van der Waals surface area contributed by atoms with Gasteiger partial charge in [-0.1, -0.05) is 29.8 Å². The summed E-state index contributed by atoms with van der Waals surface area (Å²) in [5.74, 6) is -0.334. The maximum Gasteiger partial charge on any atom is 0.227 e. The lowest BCUT2D eigenvalue weighted by Gasteiger charge is -2.04. The number of amidine groups is 1. The predicted molar refractivity (Wildman–Crippen MR) is 59.6 cm³/mol. The first-order valence-corrected chi connectivity index (χ1v) is 4.73. The third kappa shape index (κ3) is 4.26. The number of aryl methyl sites for hydroxylation is 1. The van der Waals surface area contributed by atoms with Crippen LogP contribution in [0.15, 0.2) is 24.3 Å². The lowest BCUT2D eigenvalue weighted by molar-refractivity contribution is -0.120. The Morgan fingerprint density at radius 1 is 1.40 bits per heavy atom. The molecule has 0 unspecified atom stereocenters. The van der Waals surface area contributed by atoms with E-state index < -0.39 is 0 Å². The van der Waals surface area contributed by atoms with Crippen LogP contribution in [-0.2, 0) is 11.3 Å². The van der Waals surface area contributed by atoms with Crippen molar-refractivity contribution in [2.24, 2.45) is 5.73 Å². The zero-order chi connectivity index (χ0) is 11.3. The van der Waals surface area contributed by atoms with E-state index in [1.807, 2.05) is 31.2 Å². The van der Waals surface area contributed by atoms with Crippen molar-refractivity contribution in [2.45, 2.75) is 19.9 Å². The molecule has 4 N–H and O–H groups in total. The highest BCUT2D eigenvalue weighted by Gasteiger charge is 2.02. The van der Waals surface area contributed by atoms with E-state index in [1.54, 1.807) is 0 Å². The van der Waals surface area contributed by atoms with Crippen molar-refractivity contribution in [1.29, 1.82) is 5.41 Å². The third-order valence-corrected chi connectivity index (χ3v) is 1.96. The maximum absolute atomic E-state index is 11.2. The predicted octanol–water partition coefficient (Wildman–Crippen LogP) is 0.937. The minimum absolute atomic E-state index is 0.0359. The summed E-state index contributed by atoms with van der Waals surface area (Å²) >= 11 is 0. The van der Waals surface area contributed by atoms with Gasteiger partial charge in [-0.05, 0) is 12.5 Å². The Bertz CT molecular complexity index is 357. The van der Waals surface area contributed by atoms with E-state index >= 15 is 0 Å². The molecule has 0 bridgehead atoms. The summed E-state index contributed by atoms with van der Waals surface area (Å²) < 4.78 is 0. The fourth-order valence-corrected chi connectivity index (χ4v) is 1.14. The number of amides is 1. The van der Waals surface area contributed by atoms with Gasteiger partial charge in [0.05, 0.1) is 12.3 Å². The van der Waals surface area contributed by atoms with Gasteiger partial charge in [0.1, 0.15) is 0 Å². The van der Waals surface area contributed by atoms with Crippen molar-refractivity contribution in [1.82, 2.24) is 5.32 Å². The molecule has 1 aromatic rings. The number of rotatable bonds is 4. The first-order chi connectivity index (χ1) is 7.08. The molecule has 0 aliphatic rings. The van der Waals surface area contributed by atoms with Crippen LogP contribution in [0.25, 0.3) is 0 Å². The van der Waals surface area contributed by atoms with E-state index in [-0.39, 0.29) is 18.2 Å². The molecule has 0 atom stereocenters. The number of hydrogen-bond acceptors (Lipinski definition) is 2. The van der Waals surface area contributed by atoms with Crippen LogP contribution in [-0.4, -0.2) is 11.7 Å². The van der Waals surface area contributed by atoms with Gasteiger partial charge >= 0.3 is 0 Å². The van der Waals surface area contributed by atoms with Crippen molar-refractivity contribution in [2.75, 3.05) is 0 Å². The summed E-state index contributed by atoms with van der Waals surface area (Å²) in [5, 5.41) is 9.64. The molecule has 0 aliphatic heterocycles. The van der Waals surface area contributed by atoms with Gasteiger partial charge in [0.25, 0.3) is 0 Å². The van der Waals surface area contributed by atoms with Crippen LogP contribution in [0, 0.1) is 12.3 Å². The van der Waals surface area contributed by atoms with Gasteiger partial charge in [-0.3, -0.25) is 10.2 Å². The second-order valence-electron chi connectivity index (χ2n) is 3.46. The van der Waals surface area contributed by atoms with Crippen LogP contribution in [0.1, 0.15) is 17.5 Å². The lowest BCUT2D eigenvalue weighted by Crippen LogP contribution is -2.27. The molecule has 0 saturated heterocycles. The molecule has 1 rings (SSSR count). The largest absolute Gasteiger partial charge is 0.387 e. The summed E-state index contributed by atoms with van der Waals surface area (Å²) in [6.07, 6.45) is -0.0359. The molecule has 80 valence electrons. The fraction of sp³-hybridized carbons (Fsp3) is 0.273. The summed E-state index contributed by atoms with van der Waals surface area (Å²) in [7, 11) is 0. The second kappa shape index (κ2) is 5.14. The zero-order valence-electron chi connectivity index (χ0n) is 8.71. The summed E-state index contributed by atoms with van der Waals surface area (Å²) in [6.45, 7) is 2.49. The van der Waals surface area contributed by atoms with Crippen molar-refractivity contribution in [3.63, 3.8) is 0 Å². The number of nitrogens with two attached hydrogens (primary N) is 1. The molecule has 0 radical (unpaired) electrons. The SMILES string of the molecule is Cc1ccc(CNC(=O)CC(=N)N)cc1. The minimum Gasteiger partial charge on any atom is -0.387 e. The molecule has 0 fully saturated rings. The average Bonchev–Trinajstić information content (AvgIpc) is 2.16. The number of nitrogens with one attached hydrogen (secondary N) is 2. The molecule has 0 heterocycles. The summed E-state index contributed by atoms with van der Waals surface area (Å²) in [4.78, 5) is 11.2. The Hall–Kier alpha value is -1.84. The Morgan fingerprint density at radius 2 is 2.00 bits per heavy atom. The smallest absolute Gasteiger partial charge is 0.227 e. The zero-order valence-corrected chi connectivity index (χ0v) is 8.71. The summed E-state index contributed by atoms with van der Waals surface area (Å²) in [6, 6.07) is 7.91. The molecule has 0 aliphatic carbocycles. The highest BCUT2D eigenvalue weighted by Crippen LogP contribution is 2.02. The average molecular weight is 205 g/mol. The molecule has 0 aromatic heterocycles. The monoisotopic (exact) mass is 205 g/mol. The number of carbonyl (C=O) groups excluding carboxylic acids is 1. The molecular weight excluding hydrogens is 190 g/mol. The van der Waals surface area contributed by atoms with Crippen molar-refractivity contribution >= 4 is 11.7 Å². The second-order valence-corrected chi connectivity index (χ2v) is 3.46. The topological polar surface area (TPSA) is 79.0 Å². The van der Waals surface area contributed by atoms with Crippen LogP contribution < -0.4 is 11.1 Å². The van der Waals surface area contributed by atoms with E-state index in [2.05, 4.69) is 5.32 Å². The molecular formula is C11H15N3O. The van der Waals surface area contributed by atoms with Crippen LogP contribution in [0.5, 0.6) is 0 Å². The van der Waals surface area contributed by atoms with E-state index in [0.29, 0.717) is 6.54 Å². The first-order valence-electron chi connectivity index (χ1n) is 4.73. The van der Waals surface area contributed by atoms with Gasteiger partial charge in [0.15, 0.2) is 0 Å².